The zero-order valence-corrected chi connectivity index (χ0v) is 18.3. The maximum Gasteiger partial charge on any atom is 0.267 e. The molecule has 3 aromatic rings. The third-order valence-electron chi connectivity index (χ3n) is 5.20. The number of hydrogen-bond donors (Lipinski definition) is 1. The third-order valence-corrected chi connectivity index (χ3v) is 6.86. The molecule has 2 heterocycles. The van der Waals surface area contributed by atoms with E-state index in [4.69, 9.17) is 16.3 Å². The molecule has 0 spiro atoms. The number of amides is 2. The molecule has 2 amide bonds. The summed E-state index contributed by atoms with van der Waals surface area (Å²) in [5.74, 6) is 0.387. The van der Waals surface area contributed by atoms with Crippen molar-refractivity contribution in [3.63, 3.8) is 0 Å². The Bertz CT molecular complexity index is 1110. The van der Waals surface area contributed by atoms with Gasteiger partial charge >= 0.3 is 0 Å². The molecule has 1 aliphatic heterocycles. The van der Waals surface area contributed by atoms with Crippen molar-refractivity contribution in [1.29, 1.82) is 0 Å². The smallest absolute Gasteiger partial charge is 0.267 e. The number of likely N-dealkylation sites (N-methyl/N-ethyl adjacent to an activating group) is 1. The first-order chi connectivity index (χ1) is 14.5. The van der Waals surface area contributed by atoms with Crippen molar-refractivity contribution in [2.24, 2.45) is 0 Å². The van der Waals surface area contributed by atoms with Crippen LogP contribution in [-0.4, -0.2) is 62.0 Å². The topological polar surface area (TPSA) is 61.9 Å². The second-order valence-electron chi connectivity index (χ2n) is 7.24. The van der Waals surface area contributed by atoms with E-state index >= 15 is 0 Å². The van der Waals surface area contributed by atoms with Gasteiger partial charge in [0.1, 0.15) is 10.6 Å². The number of rotatable bonds is 4. The Balaban J connectivity index is 1.53. The number of benzene rings is 2. The number of thiophene rings is 1. The second kappa shape index (κ2) is 8.63. The van der Waals surface area contributed by atoms with Gasteiger partial charge in [0, 0.05) is 47.5 Å². The van der Waals surface area contributed by atoms with Crippen molar-refractivity contribution in [3.05, 3.63) is 57.9 Å². The number of piperazine rings is 1. The summed E-state index contributed by atoms with van der Waals surface area (Å²) >= 11 is 7.76. The molecular formula is C22H22ClN3O3S. The maximum absolute atomic E-state index is 12.9. The van der Waals surface area contributed by atoms with Gasteiger partial charge in [0.15, 0.2) is 0 Å². The van der Waals surface area contributed by atoms with E-state index < -0.39 is 0 Å². The fourth-order valence-electron chi connectivity index (χ4n) is 3.43. The molecule has 0 saturated carbocycles. The van der Waals surface area contributed by atoms with Gasteiger partial charge in [-0.1, -0.05) is 17.7 Å². The molecule has 0 radical (unpaired) electrons. The molecule has 1 aromatic heterocycles. The minimum atomic E-state index is -0.302. The minimum Gasteiger partial charge on any atom is -0.497 e. The van der Waals surface area contributed by atoms with Crippen LogP contribution in [0.5, 0.6) is 5.75 Å². The Labute approximate surface area is 184 Å². The number of fused-ring (bicyclic) bond motifs is 1. The first-order valence-electron chi connectivity index (χ1n) is 9.61. The minimum absolute atomic E-state index is 0.0220. The number of nitrogens with one attached hydrogen (secondary N) is 1. The summed E-state index contributed by atoms with van der Waals surface area (Å²) in [5.41, 5.74) is 1.12. The van der Waals surface area contributed by atoms with Gasteiger partial charge in [-0.2, -0.15) is 0 Å². The van der Waals surface area contributed by atoms with E-state index in [-0.39, 0.29) is 11.8 Å². The highest BCUT2D eigenvalue weighted by molar-refractivity contribution is 7.21. The first-order valence-corrected chi connectivity index (χ1v) is 10.8. The van der Waals surface area contributed by atoms with Crippen molar-refractivity contribution >= 4 is 50.5 Å². The monoisotopic (exact) mass is 443 g/mol. The molecule has 6 nitrogen and oxygen atoms in total. The van der Waals surface area contributed by atoms with E-state index in [1.54, 1.807) is 31.4 Å². The van der Waals surface area contributed by atoms with Crippen LogP contribution in [0.1, 0.15) is 20.0 Å². The number of methoxy groups -OCH3 is 1. The van der Waals surface area contributed by atoms with Crippen LogP contribution in [0.3, 0.4) is 0 Å². The average Bonchev–Trinajstić information content (AvgIpc) is 3.10. The summed E-state index contributed by atoms with van der Waals surface area (Å²) in [6.07, 6.45) is 0. The summed E-state index contributed by atoms with van der Waals surface area (Å²) in [7, 11) is 3.65. The largest absolute Gasteiger partial charge is 0.497 e. The molecule has 1 fully saturated rings. The number of carbonyl (C=O) groups excluding carboxylic acids is 2. The van der Waals surface area contributed by atoms with E-state index in [2.05, 4.69) is 10.2 Å². The maximum atomic E-state index is 12.9. The molecule has 0 bridgehead atoms. The molecule has 4 rings (SSSR count). The van der Waals surface area contributed by atoms with E-state index in [1.807, 2.05) is 30.1 Å². The average molecular weight is 444 g/mol. The quantitative estimate of drug-likeness (QED) is 0.656. The molecule has 1 N–H and O–H groups in total. The van der Waals surface area contributed by atoms with Crippen LogP contribution < -0.4 is 10.1 Å². The molecular weight excluding hydrogens is 422 g/mol. The lowest BCUT2D eigenvalue weighted by Gasteiger charge is -2.32. The van der Waals surface area contributed by atoms with Crippen LogP contribution in [0.2, 0.25) is 5.02 Å². The van der Waals surface area contributed by atoms with Gasteiger partial charge < -0.3 is 19.9 Å². The fourth-order valence-corrected chi connectivity index (χ4v) is 4.87. The predicted octanol–water partition coefficient (Wildman–Crippen LogP) is 4.20. The number of anilines is 1. The normalized spacial score (nSPS) is 14.7. The van der Waals surface area contributed by atoms with Gasteiger partial charge in [0.2, 0.25) is 0 Å². The van der Waals surface area contributed by atoms with Gasteiger partial charge in [-0.05, 0) is 43.4 Å². The van der Waals surface area contributed by atoms with E-state index in [1.165, 1.54) is 11.3 Å². The highest BCUT2D eigenvalue weighted by atomic mass is 35.5. The number of nitrogens with zero attached hydrogens (tertiary/aromatic N) is 2. The zero-order valence-electron chi connectivity index (χ0n) is 16.8. The van der Waals surface area contributed by atoms with Crippen LogP contribution in [0.15, 0.2) is 42.5 Å². The Kier molecular flexibility index (Phi) is 5.94. The summed E-state index contributed by atoms with van der Waals surface area (Å²) in [5, 5.41) is 4.10. The SMILES string of the molecule is COc1ccc2c(Cl)c(C(=O)Nc3cccc(C(=O)N4CCN(C)CC4)c3)sc2c1. The molecule has 0 atom stereocenters. The Hall–Kier alpha value is -2.61. The van der Waals surface area contributed by atoms with E-state index in [0.29, 0.717) is 40.0 Å². The standard InChI is InChI=1S/C22H22ClN3O3S/c1-25-8-10-26(11-9-25)22(28)14-4-3-5-15(12-14)24-21(27)20-19(23)17-7-6-16(29-2)13-18(17)30-20/h3-7,12-13H,8-11H2,1-2H3,(H,24,27). The van der Waals surface area contributed by atoms with Crippen molar-refractivity contribution in [2.75, 3.05) is 45.7 Å². The van der Waals surface area contributed by atoms with Gasteiger partial charge in [-0.3, -0.25) is 9.59 Å². The van der Waals surface area contributed by atoms with Crippen molar-refractivity contribution < 1.29 is 14.3 Å². The van der Waals surface area contributed by atoms with Crippen LogP contribution >= 0.6 is 22.9 Å². The Morgan fingerprint density at radius 3 is 2.60 bits per heavy atom. The lowest BCUT2D eigenvalue weighted by atomic mass is 10.1. The van der Waals surface area contributed by atoms with Gasteiger partial charge in [-0.15, -0.1) is 11.3 Å². The molecule has 0 aliphatic carbocycles. The lowest BCUT2D eigenvalue weighted by Crippen LogP contribution is -2.47. The van der Waals surface area contributed by atoms with Crippen LogP contribution in [0, 0.1) is 0 Å². The number of carbonyl (C=O) groups is 2. The second-order valence-corrected chi connectivity index (χ2v) is 8.67. The van der Waals surface area contributed by atoms with Crippen LogP contribution in [-0.2, 0) is 0 Å². The van der Waals surface area contributed by atoms with Gasteiger partial charge in [0.25, 0.3) is 11.8 Å². The van der Waals surface area contributed by atoms with Crippen molar-refractivity contribution in [3.8, 4) is 5.75 Å². The predicted molar refractivity (Wildman–Crippen MR) is 121 cm³/mol. The van der Waals surface area contributed by atoms with Gasteiger partial charge in [-0.25, -0.2) is 0 Å². The summed E-state index contributed by atoms with van der Waals surface area (Å²) in [6, 6.07) is 12.5. The highest BCUT2D eigenvalue weighted by Crippen LogP contribution is 2.37. The Morgan fingerprint density at radius 2 is 1.87 bits per heavy atom. The molecule has 2 aromatic carbocycles. The zero-order chi connectivity index (χ0) is 21.3. The number of halogens is 1. The molecule has 8 heteroatoms. The first kappa shape index (κ1) is 20.7. The van der Waals surface area contributed by atoms with E-state index in [0.717, 1.165) is 23.2 Å². The summed E-state index contributed by atoms with van der Waals surface area (Å²) < 4.78 is 6.12. The third kappa shape index (κ3) is 4.14. The lowest BCUT2D eigenvalue weighted by molar-refractivity contribution is 0.0664. The van der Waals surface area contributed by atoms with Gasteiger partial charge in [0.05, 0.1) is 12.1 Å². The Morgan fingerprint density at radius 1 is 1.10 bits per heavy atom. The summed E-state index contributed by atoms with van der Waals surface area (Å²) in [6.45, 7) is 3.12. The van der Waals surface area contributed by atoms with Crippen LogP contribution in [0.25, 0.3) is 10.1 Å². The van der Waals surface area contributed by atoms with Crippen LogP contribution in [0.4, 0.5) is 5.69 Å². The molecule has 30 heavy (non-hydrogen) atoms. The van der Waals surface area contributed by atoms with E-state index in [9.17, 15) is 9.59 Å². The molecule has 1 aliphatic rings. The summed E-state index contributed by atoms with van der Waals surface area (Å²) in [4.78, 5) is 30.1. The number of ether oxygens (including phenoxy) is 1. The van der Waals surface area contributed by atoms with Crippen molar-refractivity contribution in [2.45, 2.75) is 0 Å². The molecule has 1 saturated heterocycles. The highest BCUT2D eigenvalue weighted by Gasteiger charge is 2.21. The number of hydrogen-bond acceptors (Lipinski definition) is 5. The molecule has 156 valence electrons. The van der Waals surface area contributed by atoms with Crippen molar-refractivity contribution in [1.82, 2.24) is 9.80 Å². The molecule has 0 unspecified atom stereocenters. The fraction of sp³-hybridized carbons (Fsp3) is 0.273.